The summed E-state index contributed by atoms with van der Waals surface area (Å²) in [7, 11) is 1.70. The van der Waals surface area contributed by atoms with Crippen molar-refractivity contribution in [2.45, 2.75) is 6.42 Å². The van der Waals surface area contributed by atoms with Crippen molar-refractivity contribution in [3.63, 3.8) is 0 Å². The van der Waals surface area contributed by atoms with E-state index in [1.807, 2.05) is 12.3 Å². The van der Waals surface area contributed by atoms with Crippen LogP contribution in [0.1, 0.15) is 16.0 Å². The minimum atomic E-state index is 0.804. The summed E-state index contributed by atoms with van der Waals surface area (Å²) in [5, 5.41) is 5.67. The van der Waals surface area contributed by atoms with Gasteiger partial charge in [0, 0.05) is 28.6 Å². The van der Waals surface area contributed by atoms with Crippen molar-refractivity contribution in [3.05, 3.63) is 88.8 Å². The van der Waals surface area contributed by atoms with Gasteiger partial charge in [0.1, 0.15) is 5.75 Å². The van der Waals surface area contributed by atoms with Crippen LogP contribution in [0.25, 0.3) is 32.8 Å². The topological polar surface area (TPSA) is 34.5 Å². The Hall–Kier alpha value is -3.50. The van der Waals surface area contributed by atoms with Crippen molar-refractivity contribution >= 4 is 44.2 Å². The predicted molar refractivity (Wildman–Crippen MR) is 126 cm³/mol. The number of fused-ring (bicyclic) bond motifs is 5. The highest BCUT2D eigenvalue weighted by Crippen LogP contribution is 2.43. The number of nitrogens with zero attached hydrogens (tertiary/aromatic N) is 2. The van der Waals surface area contributed by atoms with Crippen LogP contribution in [0.15, 0.2) is 77.8 Å². The molecule has 1 aliphatic carbocycles. The minimum Gasteiger partial charge on any atom is -0.497 e. The first-order chi connectivity index (χ1) is 14.8. The molecule has 0 aliphatic heterocycles. The molecule has 0 bridgehead atoms. The molecule has 0 unspecified atom stereocenters. The highest BCUT2D eigenvalue weighted by atomic mass is 32.1. The molecule has 1 heterocycles. The SMILES string of the molecule is COc1ccc2c(c1)Cc1sc(N=Cc3c4ccccc4cc4ccccc34)nc1-2. The molecule has 0 spiro atoms. The number of aromatic nitrogens is 1. The third-order valence-electron chi connectivity index (χ3n) is 5.72. The average Bonchev–Trinajstić information content (AvgIpc) is 3.33. The number of methoxy groups -OCH3 is 1. The molecule has 30 heavy (non-hydrogen) atoms. The van der Waals surface area contributed by atoms with Crippen LogP contribution in [-0.2, 0) is 6.42 Å². The molecule has 6 rings (SSSR count). The van der Waals surface area contributed by atoms with Crippen LogP contribution in [-0.4, -0.2) is 18.3 Å². The summed E-state index contributed by atoms with van der Waals surface area (Å²) in [6.45, 7) is 0. The normalized spacial score (nSPS) is 12.6. The number of thiazole rings is 1. The molecule has 4 heteroatoms. The molecule has 0 amide bonds. The number of hydrogen-bond donors (Lipinski definition) is 0. The van der Waals surface area contributed by atoms with Crippen LogP contribution in [0.2, 0.25) is 0 Å². The van der Waals surface area contributed by atoms with Crippen LogP contribution in [0, 0.1) is 0 Å². The first-order valence-corrected chi connectivity index (χ1v) is 10.7. The van der Waals surface area contributed by atoms with E-state index in [1.54, 1.807) is 18.4 Å². The maximum atomic E-state index is 5.36. The van der Waals surface area contributed by atoms with Crippen molar-refractivity contribution < 1.29 is 4.74 Å². The van der Waals surface area contributed by atoms with Crippen molar-refractivity contribution in [2.75, 3.05) is 7.11 Å². The zero-order valence-electron chi connectivity index (χ0n) is 16.4. The monoisotopic (exact) mass is 406 g/mol. The highest BCUT2D eigenvalue weighted by Gasteiger charge is 2.23. The van der Waals surface area contributed by atoms with E-state index >= 15 is 0 Å². The van der Waals surface area contributed by atoms with E-state index < -0.39 is 0 Å². The number of hydrogen-bond acceptors (Lipinski definition) is 4. The van der Waals surface area contributed by atoms with E-state index in [9.17, 15) is 0 Å². The first kappa shape index (κ1) is 17.4. The fourth-order valence-electron chi connectivity index (χ4n) is 4.28. The van der Waals surface area contributed by atoms with Gasteiger partial charge >= 0.3 is 0 Å². The average molecular weight is 407 g/mol. The molecule has 1 aromatic heterocycles. The zero-order valence-corrected chi connectivity index (χ0v) is 17.2. The third-order valence-corrected chi connectivity index (χ3v) is 6.68. The van der Waals surface area contributed by atoms with Crippen molar-refractivity contribution in [1.82, 2.24) is 4.98 Å². The van der Waals surface area contributed by atoms with Gasteiger partial charge in [-0.15, -0.1) is 0 Å². The molecule has 5 aromatic rings. The van der Waals surface area contributed by atoms with Crippen LogP contribution in [0.4, 0.5) is 5.13 Å². The molecule has 1 aliphatic rings. The molecule has 0 N–H and O–H groups in total. The Balaban J connectivity index is 1.44. The van der Waals surface area contributed by atoms with Crippen LogP contribution >= 0.6 is 11.3 Å². The summed E-state index contributed by atoms with van der Waals surface area (Å²) < 4.78 is 5.36. The lowest BCUT2D eigenvalue weighted by atomic mass is 9.97. The highest BCUT2D eigenvalue weighted by molar-refractivity contribution is 7.15. The maximum absolute atomic E-state index is 5.36. The summed E-state index contributed by atoms with van der Waals surface area (Å²) >= 11 is 1.67. The minimum absolute atomic E-state index is 0.804. The van der Waals surface area contributed by atoms with E-state index in [4.69, 9.17) is 14.7 Å². The molecule has 0 radical (unpaired) electrons. The number of ether oxygens (including phenoxy) is 1. The van der Waals surface area contributed by atoms with Gasteiger partial charge < -0.3 is 4.74 Å². The molecular weight excluding hydrogens is 388 g/mol. The second kappa shape index (κ2) is 6.78. The van der Waals surface area contributed by atoms with Gasteiger partial charge in [0.05, 0.1) is 12.8 Å². The second-order valence-corrected chi connectivity index (χ2v) is 8.52. The molecule has 0 saturated carbocycles. The van der Waals surface area contributed by atoms with E-state index in [-0.39, 0.29) is 0 Å². The molecule has 0 atom stereocenters. The fraction of sp³-hybridized carbons (Fsp3) is 0.0769. The summed E-state index contributed by atoms with van der Waals surface area (Å²) in [4.78, 5) is 10.9. The van der Waals surface area contributed by atoms with E-state index in [2.05, 4.69) is 66.7 Å². The molecule has 0 saturated heterocycles. The molecule has 4 aromatic carbocycles. The molecular formula is C26H18N2OS. The molecule has 3 nitrogen and oxygen atoms in total. The zero-order chi connectivity index (χ0) is 20.1. The van der Waals surface area contributed by atoms with E-state index in [0.717, 1.165) is 28.6 Å². The predicted octanol–water partition coefficient (Wildman–Crippen LogP) is 6.78. The van der Waals surface area contributed by atoms with Gasteiger partial charge in [-0.2, -0.15) is 0 Å². The van der Waals surface area contributed by atoms with E-state index in [0.29, 0.717) is 0 Å². The lowest BCUT2D eigenvalue weighted by Crippen LogP contribution is -1.88. The number of benzene rings is 4. The molecule has 0 fully saturated rings. The first-order valence-electron chi connectivity index (χ1n) is 9.92. The lowest BCUT2D eigenvalue weighted by Gasteiger charge is -2.07. The van der Waals surface area contributed by atoms with Crippen LogP contribution in [0.3, 0.4) is 0 Å². The third kappa shape index (κ3) is 2.72. The largest absolute Gasteiger partial charge is 0.497 e. The van der Waals surface area contributed by atoms with Gasteiger partial charge in [0.2, 0.25) is 5.13 Å². The molecule has 144 valence electrons. The van der Waals surface area contributed by atoms with Crippen molar-refractivity contribution in [1.29, 1.82) is 0 Å². The van der Waals surface area contributed by atoms with Gasteiger partial charge in [-0.05, 0) is 51.4 Å². The summed E-state index contributed by atoms with van der Waals surface area (Å²) in [6.07, 6.45) is 2.87. The van der Waals surface area contributed by atoms with Crippen molar-refractivity contribution in [2.24, 2.45) is 4.99 Å². The Morgan fingerprint density at radius 1 is 0.933 bits per heavy atom. The van der Waals surface area contributed by atoms with Gasteiger partial charge in [-0.1, -0.05) is 59.9 Å². The van der Waals surface area contributed by atoms with Gasteiger partial charge in [-0.25, -0.2) is 9.98 Å². The van der Waals surface area contributed by atoms with Gasteiger partial charge in [0.25, 0.3) is 0 Å². The summed E-state index contributed by atoms with van der Waals surface area (Å²) in [5.74, 6) is 0.894. The van der Waals surface area contributed by atoms with Crippen LogP contribution < -0.4 is 4.74 Å². The quantitative estimate of drug-likeness (QED) is 0.240. The maximum Gasteiger partial charge on any atom is 0.209 e. The van der Waals surface area contributed by atoms with Gasteiger partial charge in [0.15, 0.2) is 0 Å². The Bertz CT molecular complexity index is 1410. The van der Waals surface area contributed by atoms with Crippen LogP contribution in [0.5, 0.6) is 5.75 Å². The summed E-state index contributed by atoms with van der Waals surface area (Å²) in [5.41, 5.74) is 4.68. The standard InChI is InChI=1S/C26H18N2OS/c1-29-19-10-11-22-18(13-19)14-24-25(22)28-26(30-24)27-15-23-20-8-4-2-6-16(20)12-17-7-3-5-9-21(17)23/h2-13,15H,14H2,1H3. The Kier molecular flexibility index (Phi) is 3.93. The Morgan fingerprint density at radius 3 is 2.40 bits per heavy atom. The van der Waals surface area contributed by atoms with Gasteiger partial charge in [-0.3, -0.25) is 0 Å². The smallest absolute Gasteiger partial charge is 0.209 e. The fourth-order valence-corrected chi connectivity index (χ4v) is 5.22. The Labute approximate surface area is 178 Å². The van der Waals surface area contributed by atoms with Crippen molar-refractivity contribution in [3.8, 4) is 17.0 Å². The Morgan fingerprint density at radius 2 is 1.67 bits per heavy atom. The number of rotatable bonds is 3. The summed E-state index contributed by atoms with van der Waals surface area (Å²) in [6, 6.07) is 25.4. The second-order valence-electron chi connectivity index (χ2n) is 7.46. The van der Waals surface area contributed by atoms with E-state index in [1.165, 1.54) is 37.5 Å². The number of aliphatic imine (C=N–C) groups is 1. The lowest BCUT2D eigenvalue weighted by molar-refractivity contribution is 0.414.